The Kier molecular flexibility index (Phi) is 4.63. The summed E-state index contributed by atoms with van der Waals surface area (Å²) in [7, 11) is 2.19. The predicted molar refractivity (Wildman–Crippen MR) is 87.0 cm³/mol. The molecule has 0 saturated heterocycles. The number of nitrogens with zero attached hydrogens (tertiary/aromatic N) is 3. The zero-order valence-electron chi connectivity index (χ0n) is 12.4. The van der Waals surface area contributed by atoms with Crippen LogP contribution in [-0.2, 0) is 6.54 Å². The van der Waals surface area contributed by atoms with E-state index < -0.39 is 0 Å². The van der Waals surface area contributed by atoms with Gasteiger partial charge in [0.25, 0.3) is 0 Å². The van der Waals surface area contributed by atoms with Crippen molar-refractivity contribution in [3.05, 3.63) is 35.5 Å². The number of thiazole rings is 1. The Morgan fingerprint density at radius 3 is 3.05 bits per heavy atom. The van der Waals surface area contributed by atoms with Crippen LogP contribution in [0.2, 0.25) is 0 Å². The van der Waals surface area contributed by atoms with Gasteiger partial charge >= 0.3 is 0 Å². The SMILES string of the molecule is CN(Cc1csc(-c2ccccn2)n1)C1CCCC1CN. The molecule has 2 aromatic rings. The van der Waals surface area contributed by atoms with Crippen LogP contribution in [0.25, 0.3) is 10.7 Å². The summed E-state index contributed by atoms with van der Waals surface area (Å²) in [4.78, 5) is 11.5. The maximum Gasteiger partial charge on any atom is 0.142 e. The highest BCUT2D eigenvalue weighted by atomic mass is 32.1. The molecule has 2 atom stereocenters. The highest BCUT2D eigenvalue weighted by Crippen LogP contribution is 2.30. The molecule has 0 radical (unpaired) electrons. The van der Waals surface area contributed by atoms with Gasteiger partial charge in [-0.1, -0.05) is 12.5 Å². The second-order valence-electron chi connectivity index (χ2n) is 5.77. The quantitative estimate of drug-likeness (QED) is 0.922. The van der Waals surface area contributed by atoms with Gasteiger partial charge in [-0.25, -0.2) is 4.98 Å². The second-order valence-corrected chi connectivity index (χ2v) is 6.63. The van der Waals surface area contributed by atoms with Crippen LogP contribution in [0.3, 0.4) is 0 Å². The lowest BCUT2D eigenvalue weighted by Gasteiger charge is -2.28. The molecular formula is C16H22N4S. The van der Waals surface area contributed by atoms with Gasteiger partial charge in [-0.2, -0.15) is 0 Å². The van der Waals surface area contributed by atoms with Crippen LogP contribution in [-0.4, -0.2) is 34.5 Å². The average molecular weight is 302 g/mol. The van der Waals surface area contributed by atoms with E-state index in [0.717, 1.165) is 29.5 Å². The molecule has 1 fully saturated rings. The molecule has 1 saturated carbocycles. The van der Waals surface area contributed by atoms with E-state index in [9.17, 15) is 0 Å². The van der Waals surface area contributed by atoms with Crippen molar-refractivity contribution in [1.29, 1.82) is 0 Å². The fourth-order valence-electron chi connectivity index (χ4n) is 3.23. The van der Waals surface area contributed by atoms with Crippen LogP contribution in [0.4, 0.5) is 0 Å². The molecule has 0 amide bonds. The minimum atomic E-state index is 0.606. The predicted octanol–water partition coefficient (Wildman–Crippen LogP) is 2.76. The summed E-state index contributed by atoms with van der Waals surface area (Å²) in [6.07, 6.45) is 5.64. The van der Waals surface area contributed by atoms with E-state index in [4.69, 9.17) is 10.7 Å². The lowest BCUT2D eigenvalue weighted by atomic mass is 10.0. The third kappa shape index (κ3) is 3.31. The van der Waals surface area contributed by atoms with Crippen molar-refractivity contribution < 1.29 is 0 Å². The van der Waals surface area contributed by atoms with Crippen molar-refractivity contribution in [2.45, 2.75) is 31.8 Å². The molecule has 5 heteroatoms. The van der Waals surface area contributed by atoms with Crippen molar-refractivity contribution >= 4 is 11.3 Å². The largest absolute Gasteiger partial charge is 0.330 e. The zero-order chi connectivity index (χ0) is 14.7. The fraction of sp³-hybridized carbons (Fsp3) is 0.500. The summed E-state index contributed by atoms with van der Waals surface area (Å²) in [5.74, 6) is 0.642. The first kappa shape index (κ1) is 14.6. The smallest absolute Gasteiger partial charge is 0.142 e. The van der Waals surface area contributed by atoms with Crippen LogP contribution in [0.5, 0.6) is 0 Å². The first-order valence-electron chi connectivity index (χ1n) is 7.54. The molecule has 4 nitrogen and oxygen atoms in total. The van der Waals surface area contributed by atoms with Gasteiger partial charge < -0.3 is 5.73 Å². The van der Waals surface area contributed by atoms with Crippen LogP contribution >= 0.6 is 11.3 Å². The number of pyridine rings is 1. The Morgan fingerprint density at radius 2 is 2.29 bits per heavy atom. The lowest BCUT2D eigenvalue weighted by molar-refractivity contribution is 0.191. The molecule has 1 aliphatic carbocycles. The average Bonchev–Trinajstić information content (AvgIpc) is 3.16. The number of rotatable bonds is 5. The Bertz CT molecular complexity index is 569. The number of hydrogen-bond acceptors (Lipinski definition) is 5. The Morgan fingerprint density at radius 1 is 1.38 bits per heavy atom. The molecule has 3 rings (SSSR count). The molecule has 2 aromatic heterocycles. The maximum absolute atomic E-state index is 5.89. The van der Waals surface area contributed by atoms with E-state index in [1.54, 1.807) is 11.3 Å². The molecule has 2 N–H and O–H groups in total. The summed E-state index contributed by atoms with van der Waals surface area (Å²) < 4.78 is 0. The van der Waals surface area contributed by atoms with Gasteiger partial charge in [-0.05, 0) is 44.5 Å². The summed E-state index contributed by atoms with van der Waals surface area (Å²) >= 11 is 1.67. The Labute approximate surface area is 130 Å². The summed E-state index contributed by atoms with van der Waals surface area (Å²) in [5.41, 5.74) is 7.97. The molecular weight excluding hydrogens is 280 g/mol. The third-order valence-electron chi connectivity index (χ3n) is 4.34. The molecule has 0 spiro atoms. The number of hydrogen-bond donors (Lipinski definition) is 1. The monoisotopic (exact) mass is 302 g/mol. The van der Waals surface area contributed by atoms with Crippen molar-refractivity contribution in [1.82, 2.24) is 14.9 Å². The summed E-state index contributed by atoms with van der Waals surface area (Å²) in [6.45, 7) is 1.69. The van der Waals surface area contributed by atoms with E-state index >= 15 is 0 Å². The standard InChI is InChI=1S/C16H22N4S/c1-20(15-7-4-5-12(15)9-17)10-13-11-21-16(19-13)14-6-2-3-8-18-14/h2-3,6,8,11-12,15H,4-5,7,9-10,17H2,1H3. The van der Waals surface area contributed by atoms with Crippen LogP contribution < -0.4 is 5.73 Å². The van der Waals surface area contributed by atoms with Crippen molar-refractivity contribution in [2.24, 2.45) is 11.7 Å². The van der Waals surface area contributed by atoms with Gasteiger partial charge in [0.1, 0.15) is 5.01 Å². The van der Waals surface area contributed by atoms with Crippen molar-refractivity contribution in [3.63, 3.8) is 0 Å². The van der Waals surface area contributed by atoms with Crippen molar-refractivity contribution in [3.8, 4) is 10.7 Å². The Hall–Kier alpha value is -1.30. The van der Waals surface area contributed by atoms with Gasteiger partial charge in [0, 0.05) is 24.2 Å². The number of nitrogens with two attached hydrogens (primary N) is 1. The molecule has 0 aliphatic heterocycles. The molecule has 21 heavy (non-hydrogen) atoms. The highest BCUT2D eigenvalue weighted by Gasteiger charge is 2.29. The van der Waals surface area contributed by atoms with E-state index in [2.05, 4.69) is 22.3 Å². The molecule has 0 aromatic carbocycles. The molecule has 2 heterocycles. The van der Waals surface area contributed by atoms with E-state index in [0.29, 0.717) is 12.0 Å². The first-order valence-corrected chi connectivity index (χ1v) is 8.42. The highest BCUT2D eigenvalue weighted by molar-refractivity contribution is 7.13. The van der Waals surface area contributed by atoms with Gasteiger partial charge in [0.15, 0.2) is 0 Å². The molecule has 112 valence electrons. The lowest BCUT2D eigenvalue weighted by Crippen LogP contribution is -2.37. The first-order chi connectivity index (χ1) is 10.3. The topological polar surface area (TPSA) is 55.0 Å². The van der Waals surface area contributed by atoms with Gasteiger partial charge in [-0.15, -0.1) is 11.3 Å². The minimum Gasteiger partial charge on any atom is -0.330 e. The summed E-state index contributed by atoms with van der Waals surface area (Å²) in [5, 5.41) is 3.15. The fourth-order valence-corrected chi connectivity index (χ4v) is 4.02. The van der Waals surface area contributed by atoms with Crippen LogP contribution in [0.15, 0.2) is 29.8 Å². The van der Waals surface area contributed by atoms with Gasteiger partial charge in [0.05, 0.1) is 11.4 Å². The van der Waals surface area contributed by atoms with E-state index in [-0.39, 0.29) is 0 Å². The van der Waals surface area contributed by atoms with E-state index in [1.165, 1.54) is 19.3 Å². The third-order valence-corrected chi connectivity index (χ3v) is 5.25. The minimum absolute atomic E-state index is 0.606. The van der Waals surface area contributed by atoms with Gasteiger partial charge in [-0.3, -0.25) is 9.88 Å². The normalized spacial score (nSPS) is 22.0. The maximum atomic E-state index is 5.89. The zero-order valence-corrected chi connectivity index (χ0v) is 13.2. The van der Waals surface area contributed by atoms with Gasteiger partial charge in [0.2, 0.25) is 0 Å². The van der Waals surface area contributed by atoms with Crippen LogP contribution in [0.1, 0.15) is 25.0 Å². The number of aromatic nitrogens is 2. The molecule has 2 unspecified atom stereocenters. The van der Waals surface area contributed by atoms with Crippen molar-refractivity contribution in [2.75, 3.05) is 13.6 Å². The van der Waals surface area contributed by atoms with Crippen LogP contribution in [0, 0.1) is 5.92 Å². The van der Waals surface area contributed by atoms with E-state index in [1.807, 2.05) is 24.4 Å². The molecule has 1 aliphatic rings. The Balaban J connectivity index is 1.67. The molecule has 0 bridgehead atoms. The summed E-state index contributed by atoms with van der Waals surface area (Å²) in [6, 6.07) is 6.54. The second kappa shape index (κ2) is 6.64.